The van der Waals surface area contributed by atoms with Crippen molar-refractivity contribution < 1.29 is 14.2 Å². The van der Waals surface area contributed by atoms with Gasteiger partial charge in [-0.15, -0.1) is 0 Å². The van der Waals surface area contributed by atoms with Gasteiger partial charge in [0.2, 0.25) is 5.91 Å². The Hall–Kier alpha value is -2.61. The fourth-order valence-corrected chi connectivity index (χ4v) is 3.10. The summed E-state index contributed by atoms with van der Waals surface area (Å²) in [6, 6.07) is 8.12. The minimum absolute atomic E-state index is 0.0602. The Labute approximate surface area is 146 Å². The molecule has 1 aromatic carbocycles. The lowest BCUT2D eigenvalue weighted by atomic mass is 10.1. The number of ether oxygens (including phenoxy) is 1. The summed E-state index contributed by atoms with van der Waals surface area (Å²) in [4.78, 5) is 14.6. The van der Waals surface area contributed by atoms with Gasteiger partial charge in [0.15, 0.2) is 5.82 Å². The number of amides is 1. The summed E-state index contributed by atoms with van der Waals surface area (Å²) in [5.41, 5.74) is 7.11. The van der Waals surface area contributed by atoms with Gasteiger partial charge in [0, 0.05) is 6.54 Å². The Balaban J connectivity index is 1.65. The summed E-state index contributed by atoms with van der Waals surface area (Å²) in [5, 5.41) is 10.1. The van der Waals surface area contributed by atoms with Crippen LogP contribution in [0.15, 0.2) is 28.9 Å². The highest BCUT2D eigenvalue weighted by molar-refractivity contribution is 5.79. The molecule has 1 fully saturated rings. The van der Waals surface area contributed by atoms with Crippen molar-refractivity contribution in [1.82, 2.24) is 20.5 Å². The minimum atomic E-state index is -0.153. The van der Waals surface area contributed by atoms with Crippen LogP contribution in [0.3, 0.4) is 0 Å². The maximum atomic E-state index is 12.2. The van der Waals surface area contributed by atoms with Crippen LogP contribution in [0.2, 0.25) is 0 Å². The third-order valence-corrected chi connectivity index (χ3v) is 4.49. The lowest BCUT2D eigenvalue weighted by Crippen LogP contribution is -2.37. The average molecular weight is 345 g/mol. The third kappa shape index (κ3) is 4.27. The van der Waals surface area contributed by atoms with Gasteiger partial charge in [-0.2, -0.15) is 0 Å². The van der Waals surface area contributed by atoms with Crippen molar-refractivity contribution in [2.24, 2.45) is 0 Å². The molecule has 2 aromatic rings. The van der Waals surface area contributed by atoms with E-state index < -0.39 is 0 Å². The first kappa shape index (κ1) is 17.2. The maximum absolute atomic E-state index is 12.2. The van der Waals surface area contributed by atoms with Gasteiger partial charge >= 0.3 is 0 Å². The first-order chi connectivity index (χ1) is 12.2. The van der Waals surface area contributed by atoms with Gasteiger partial charge < -0.3 is 15.8 Å². The number of nitrogens with zero attached hydrogens (tertiary/aromatic N) is 3. The molecule has 1 aliphatic rings. The average Bonchev–Trinajstić information content (AvgIpc) is 3.28. The second kappa shape index (κ2) is 7.98. The number of benzene rings is 1. The van der Waals surface area contributed by atoms with Gasteiger partial charge in [0.05, 0.1) is 19.6 Å². The largest absolute Gasteiger partial charge is 0.497 e. The number of likely N-dealkylation sites (tertiary alicyclic amines) is 1. The van der Waals surface area contributed by atoms with Gasteiger partial charge in [-0.25, -0.2) is 4.63 Å². The van der Waals surface area contributed by atoms with E-state index in [1.54, 1.807) is 7.11 Å². The van der Waals surface area contributed by atoms with Crippen LogP contribution >= 0.6 is 0 Å². The molecule has 0 spiro atoms. The van der Waals surface area contributed by atoms with Crippen LogP contribution in [0.4, 0.5) is 5.82 Å². The molecule has 0 bridgehead atoms. The molecular formula is C17H23N5O3. The monoisotopic (exact) mass is 345 g/mol. The van der Waals surface area contributed by atoms with Crippen molar-refractivity contribution in [2.75, 3.05) is 32.5 Å². The zero-order chi connectivity index (χ0) is 17.6. The number of aromatic nitrogens is 2. The summed E-state index contributed by atoms with van der Waals surface area (Å²) < 4.78 is 9.74. The van der Waals surface area contributed by atoms with E-state index in [0.29, 0.717) is 12.2 Å². The summed E-state index contributed by atoms with van der Waals surface area (Å²) >= 11 is 0. The number of nitrogens with one attached hydrogen (secondary N) is 1. The lowest BCUT2D eigenvalue weighted by Gasteiger charge is -2.28. The first-order valence-corrected chi connectivity index (χ1v) is 8.39. The normalized spacial score (nSPS) is 15.9. The van der Waals surface area contributed by atoms with Crippen LogP contribution < -0.4 is 15.8 Å². The molecule has 25 heavy (non-hydrogen) atoms. The molecule has 8 nitrogen and oxygen atoms in total. The summed E-state index contributed by atoms with van der Waals surface area (Å²) in [6.45, 7) is 2.59. The quantitative estimate of drug-likeness (QED) is 0.775. The van der Waals surface area contributed by atoms with Crippen LogP contribution in [0.5, 0.6) is 5.75 Å². The molecule has 1 saturated heterocycles. The number of rotatable bonds is 7. The zero-order valence-electron chi connectivity index (χ0n) is 14.3. The number of methoxy groups -OCH3 is 1. The van der Waals surface area contributed by atoms with Crippen LogP contribution in [0, 0.1) is 0 Å². The van der Waals surface area contributed by atoms with Crippen LogP contribution in [0.1, 0.15) is 30.1 Å². The van der Waals surface area contributed by atoms with Crippen molar-refractivity contribution >= 4 is 11.7 Å². The van der Waals surface area contributed by atoms with E-state index in [9.17, 15) is 4.79 Å². The number of nitrogen functional groups attached to an aromatic ring is 1. The highest BCUT2D eigenvalue weighted by Crippen LogP contribution is 2.26. The molecule has 0 radical (unpaired) electrons. The lowest BCUT2D eigenvalue weighted by molar-refractivity contribution is -0.120. The van der Waals surface area contributed by atoms with E-state index in [1.807, 2.05) is 24.3 Å². The molecule has 1 atom stereocenters. The van der Waals surface area contributed by atoms with E-state index in [0.717, 1.165) is 24.4 Å². The van der Waals surface area contributed by atoms with Crippen LogP contribution in [0.25, 0.3) is 0 Å². The predicted octanol–water partition coefficient (Wildman–Crippen LogP) is 1.16. The van der Waals surface area contributed by atoms with Gasteiger partial charge in [-0.3, -0.25) is 9.69 Å². The summed E-state index contributed by atoms with van der Waals surface area (Å²) in [5.74, 6) is 0.823. The molecule has 0 saturated carbocycles. The van der Waals surface area contributed by atoms with Gasteiger partial charge in [0.1, 0.15) is 11.4 Å². The molecule has 2 heterocycles. The van der Waals surface area contributed by atoms with E-state index in [4.69, 9.17) is 10.5 Å². The number of hydrogen-bond donors (Lipinski definition) is 2. The molecular weight excluding hydrogens is 322 g/mol. The van der Waals surface area contributed by atoms with Gasteiger partial charge in [-0.1, -0.05) is 17.3 Å². The number of carbonyl (C=O) groups is 1. The van der Waals surface area contributed by atoms with Crippen LogP contribution in [-0.4, -0.2) is 47.9 Å². The molecule has 3 N–H and O–H groups in total. The number of carbonyl (C=O) groups excluding carboxylic acids is 1. The highest BCUT2D eigenvalue weighted by Gasteiger charge is 2.24. The Morgan fingerprint density at radius 3 is 2.64 bits per heavy atom. The van der Waals surface area contributed by atoms with Crippen molar-refractivity contribution in [2.45, 2.75) is 25.3 Å². The van der Waals surface area contributed by atoms with Crippen LogP contribution in [-0.2, 0) is 11.2 Å². The highest BCUT2D eigenvalue weighted by atomic mass is 16.6. The Morgan fingerprint density at radius 2 is 2.04 bits per heavy atom. The molecule has 1 aliphatic heterocycles. The van der Waals surface area contributed by atoms with Gasteiger partial charge in [0.25, 0.3) is 0 Å². The second-order valence-corrected chi connectivity index (χ2v) is 6.11. The smallest absolute Gasteiger partial charge is 0.226 e. The van der Waals surface area contributed by atoms with Crippen molar-refractivity contribution in [1.29, 1.82) is 0 Å². The second-order valence-electron chi connectivity index (χ2n) is 6.11. The van der Waals surface area contributed by atoms with E-state index in [2.05, 4.69) is 25.2 Å². The third-order valence-electron chi connectivity index (χ3n) is 4.49. The van der Waals surface area contributed by atoms with Crippen molar-refractivity contribution in [3.8, 4) is 5.75 Å². The molecule has 134 valence electrons. The molecule has 1 unspecified atom stereocenters. The van der Waals surface area contributed by atoms with E-state index in [-0.39, 0.29) is 24.2 Å². The van der Waals surface area contributed by atoms with Crippen molar-refractivity contribution in [3.63, 3.8) is 0 Å². The molecule has 3 rings (SSSR count). The van der Waals surface area contributed by atoms with Crippen molar-refractivity contribution in [3.05, 3.63) is 35.5 Å². The topological polar surface area (TPSA) is 107 Å². The number of nitrogens with two attached hydrogens (primary N) is 1. The summed E-state index contributed by atoms with van der Waals surface area (Å²) in [6.07, 6.45) is 2.42. The fraction of sp³-hybridized carbons (Fsp3) is 0.471. The summed E-state index contributed by atoms with van der Waals surface area (Å²) in [7, 11) is 1.65. The maximum Gasteiger partial charge on any atom is 0.226 e. The molecule has 1 aromatic heterocycles. The standard InChI is InChI=1S/C17H23N5O3/c1-24-13-6-4-12(5-7-13)15(22-8-2-3-9-22)11-19-16(23)10-14-17(18)21-25-20-14/h4-7,15H,2-3,8-11H2,1H3,(H2,18,21)(H,19,23). The molecule has 0 aliphatic carbocycles. The SMILES string of the molecule is COc1ccc(C(CNC(=O)Cc2nonc2N)N2CCCC2)cc1. The number of anilines is 1. The predicted molar refractivity (Wildman–Crippen MR) is 92.0 cm³/mol. The Kier molecular flexibility index (Phi) is 5.49. The minimum Gasteiger partial charge on any atom is -0.497 e. The van der Waals surface area contributed by atoms with E-state index in [1.165, 1.54) is 12.8 Å². The number of hydrogen-bond acceptors (Lipinski definition) is 7. The zero-order valence-corrected chi connectivity index (χ0v) is 14.3. The van der Waals surface area contributed by atoms with E-state index >= 15 is 0 Å². The fourth-order valence-electron chi connectivity index (χ4n) is 3.10. The molecule has 8 heteroatoms. The van der Waals surface area contributed by atoms with Gasteiger partial charge in [-0.05, 0) is 48.8 Å². The first-order valence-electron chi connectivity index (χ1n) is 8.39. The Bertz CT molecular complexity index is 695. The Morgan fingerprint density at radius 1 is 1.32 bits per heavy atom. The molecule has 1 amide bonds.